The molecule has 31 heavy (non-hydrogen) atoms. The topological polar surface area (TPSA) is 113 Å². The number of anilines is 2. The number of hydrogen-bond donors (Lipinski definition) is 1. The van der Waals surface area contributed by atoms with Crippen molar-refractivity contribution < 1.29 is 18.0 Å². The maximum Gasteiger partial charge on any atom is 0.243 e. The van der Waals surface area contributed by atoms with Crippen molar-refractivity contribution in [3.05, 3.63) is 29.3 Å². The number of rotatable bonds is 8. The Morgan fingerprint density at radius 2 is 1.87 bits per heavy atom. The van der Waals surface area contributed by atoms with Crippen LogP contribution in [0.3, 0.4) is 0 Å². The van der Waals surface area contributed by atoms with Crippen LogP contribution in [0.2, 0.25) is 0 Å². The molecule has 1 aliphatic carbocycles. The lowest BCUT2D eigenvalue weighted by molar-refractivity contribution is -0.122. The monoisotopic (exact) mass is 463 g/mol. The molecule has 0 bridgehead atoms. The van der Waals surface area contributed by atoms with Gasteiger partial charge in [-0.25, -0.2) is 8.42 Å². The fourth-order valence-corrected chi connectivity index (χ4v) is 6.00. The van der Waals surface area contributed by atoms with Gasteiger partial charge in [0, 0.05) is 37.7 Å². The molecule has 1 aromatic carbocycles. The molecular formula is C20H25N5O4S2. The van der Waals surface area contributed by atoms with E-state index in [-0.39, 0.29) is 29.7 Å². The summed E-state index contributed by atoms with van der Waals surface area (Å²) in [7, 11) is -3.56. The van der Waals surface area contributed by atoms with Gasteiger partial charge >= 0.3 is 0 Å². The molecule has 2 aromatic rings. The number of sulfonamides is 1. The summed E-state index contributed by atoms with van der Waals surface area (Å²) in [5.74, 6) is -0.453. The van der Waals surface area contributed by atoms with Crippen LogP contribution in [0.5, 0.6) is 0 Å². The molecular weight excluding hydrogens is 438 g/mol. The van der Waals surface area contributed by atoms with Gasteiger partial charge in [-0.1, -0.05) is 25.2 Å². The fraction of sp³-hybridized carbons (Fsp3) is 0.500. The van der Waals surface area contributed by atoms with E-state index in [4.69, 9.17) is 0 Å². The first-order chi connectivity index (χ1) is 14.8. The zero-order valence-electron chi connectivity index (χ0n) is 17.4. The van der Waals surface area contributed by atoms with Crippen molar-refractivity contribution >= 4 is 44.0 Å². The number of amides is 2. The Balaban J connectivity index is 1.42. The SMILES string of the molecule is CCN(CC)S(=O)(=O)c1ccc(N2C[C@@H](C(=O)Nc3nnc(C4CC4)s3)CC2=O)cc1. The summed E-state index contributed by atoms with van der Waals surface area (Å²) in [6.45, 7) is 4.59. The van der Waals surface area contributed by atoms with Gasteiger partial charge in [-0.15, -0.1) is 10.2 Å². The molecule has 166 valence electrons. The number of aromatic nitrogens is 2. The van der Waals surface area contributed by atoms with Gasteiger partial charge in [-0.05, 0) is 37.1 Å². The molecule has 2 amide bonds. The zero-order valence-corrected chi connectivity index (χ0v) is 19.1. The normalized spacial score (nSPS) is 19.3. The van der Waals surface area contributed by atoms with Crippen molar-refractivity contribution in [1.29, 1.82) is 0 Å². The molecule has 1 aromatic heterocycles. The third-order valence-corrected chi connectivity index (χ3v) is 8.65. The minimum absolute atomic E-state index is 0.0968. The van der Waals surface area contributed by atoms with Crippen LogP contribution in [0.1, 0.15) is 44.0 Å². The molecule has 0 spiro atoms. The average molecular weight is 464 g/mol. The van der Waals surface area contributed by atoms with E-state index >= 15 is 0 Å². The highest BCUT2D eigenvalue weighted by Gasteiger charge is 2.36. The van der Waals surface area contributed by atoms with Crippen molar-refractivity contribution in [3.8, 4) is 0 Å². The Labute approximate surface area is 185 Å². The highest BCUT2D eigenvalue weighted by molar-refractivity contribution is 7.89. The van der Waals surface area contributed by atoms with E-state index < -0.39 is 15.9 Å². The first-order valence-electron chi connectivity index (χ1n) is 10.4. The molecule has 9 nitrogen and oxygen atoms in total. The van der Waals surface area contributed by atoms with Gasteiger partial charge in [0.15, 0.2) is 0 Å². The molecule has 2 fully saturated rings. The minimum atomic E-state index is -3.56. The standard InChI is InChI=1S/C20H25N5O4S2/c1-3-24(4-2)31(28,29)16-9-7-15(8-10-16)25-12-14(11-17(25)26)18(27)21-20-23-22-19(30-20)13-5-6-13/h7-10,13-14H,3-6,11-12H2,1-2H3,(H,21,23,27)/t14-/m0/s1. The van der Waals surface area contributed by atoms with Crippen molar-refractivity contribution in [3.63, 3.8) is 0 Å². The fourth-order valence-electron chi connectivity index (χ4n) is 3.63. The van der Waals surface area contributed by atoms with E-state index in [1.165, 1.54) is 32.7 Å². The second kappa shape index (κ2) is 8.64. The van der Waals surface area contributed by atoms with Gasteiger partial charge < -0.3 is 10.2 Å². The third-order valence-electron chi connectivity index (χ3n) is 5.58. The van der Waals surface area contributed by atoms with Crippen molar-refractivity contribution in [2.75, 3.05) is 29.9 Å². The van der Waals surface area contributed by atoms with E-state index in [0.29, 0.717) is 29.8 Å². The largest absolute Gasteiger partial charge is 0.312 e. The zero-order chi connectivity index (χ0) is 22.2. The van der Waals surface area contributed by atoms with Gasteiger partial charge in [0.05, 0.1) is 10.8 Å². The molecule has 1 saturated heterocycles. The van der Waals surface area contributed by atoms with Gasteiger partial charge in [0.2, 0.25) is 27.0 Å². The van der Waals surface area contributed by atoms with Crippen molar-refractivity contribution in [1.82, 2.24) is 14.5 Å². The second-order valence-electron chi connectivity index (χ2n) is 7.70. The van der Waals surface area contributed by atoms with Gasteiger partial charge in [-0.2, -0.15) is 4.31 Å². The predicted molar refractivity (Wildman–Crippen MR) is 118 cm³/mol. The van der Waals surface area contributed by atoms with Crippen LogP contribution in [-0.4, -0.2) is 54.4 Å². The summed E-state index contributed by atoms with van der Waals surface area (Å²) in [5, 5.41) is 12.3. The van der Waals surface area contributed by atoms with Gasteiger partial charge in [-0.3, -0.25) is 9.59 Å². The lowest BCUT2D eigenvalue weighted by atomic mass is 10.1. The molecule has 0 radical (unpaired) electrons. The Morgan fingerprint density at radius 3 is 2.48 bits per heavy atom. The van der Waals surface area contributed by atoms with Crippen LogP contribution in [0.15, 0.2) is 29.2 Å². The first kappa shape index (κ1) is 21.8. The number of carbonyl (C=O) groups is 2. The van der Waals surface area contributed by atoms with Crippen LogP contribution < -0.4 is 10.2 Å². The maximum atomic E-state index is 12.6. The third kappa shape index (κ3) is 4.48. The summed E-state index contributed by atoms with van der Waals surface area (Å²) in [6.07, 6.45) is 2.33. The van der Waals surface area contributed by atoms with Crippen LogP contribution in [-0.2, 0) is 19.6 Å². The molecule has 2 aliphatic rings. The van der Waals surface area contributed by atoms with Crippen LogP contribution in [0.4, 0.5) is 10.8 Å². The summed E-state index contributed by atoms with van der Waals surface area (Å²) >= 11 is 1.38. The van der Waals surface area contributed by atoms with E-state index in [1.807, 2.05) is 0 Å². The maximum absolute atomic E-state index is 12.6. The summed E-state index contributed by atoms with van der Waals surface area (Å²) < 4.78 is 26.7. The Kier molecular flexibility index (Phi) is 6.09. The Morgan fingerprint density at radius 1 is 1.19 bits per heavy atom. The molecule has 1 atom stereocenters. The van der Waals surface area contributed by atoms with Gasteiger partial charge in [0.25, 0.3) is 0 Å². The highest BCUT2D eigenvalue weighted by Crippen LogP contribution is 2.42. The predicted octanol–water partition coefficient (Wildman–Crippen LogP) is 2.44. The van der Waals surface area contributed by atoms with Crippen LogP contribution >= 0.6 is 11.3 Å². The number of benzene rings is 1. The molecule has 1 aliphatic heterocycles. The highest BCUT2D eigenvalue weighted by atomic mass is 32.2. The number of carbonyl (C=O) groups excluding carboxylic acids is 2. The van der Waals surface area contributed by atoms with E-state index in [1.54, 1.807) is 26.0 Å². The van der Waals surface area contributed by atoms with Crippen molar-refractivity contribution in [2.45, 2.75) is 43.9 Å². The molecule has 4 rings (SSSR count). The number of nitrogens with one attached hydrogen (secondary N) is 1. The Bertz CT molecular complexity index is 1080. The van der Waals surface area contributed by atoms with E-state index in [2.05, 4.69) is 15.5 Å². The number of hydrogen-bond acceptors (Lipinski definition) is 7. The molecule has 11 heteroatoms. The summed E-state index contributed by atoms with van der Waals surface area (Å²) in [6, 6.07) is 6.23. The van der Waals surface area contributed by atoms with Gasteiger partial charge in [0.1, 0.15) is 5.01 Å². The summed E-state index contributed by atoms with van der Waals surface area (Å²) in [5.41, 5.74) is 0.575. The summed E-state index contributed by atoms with van der Waals surface area (Å²) in [4.78, 5) is 26.8. The Hall–Kier alpha value is -2.37. The van der Waals surface area contributed by atoms with Crippen LogP contribution in [0.25, 0.3) is 0 Å². The van der Waals surface area contributed by atoms with E-state index in [0.717, 1.165) is 17.8 Å². The first-order valence-corrected chi connectivity index (χ1v) is 12.6. The van der Waals surface area contributed by atoms with E-state index in [9.17, 15) is 18.0 Å². The quantitative estimate of drug-likeness (QED) is 0.643. The molecule has 1 saturated carbocycles. The lowest BCUT2D eigenvalue weighted by Gasteiger charge is -2.20. The smallest absolute Gasteiger partial charge is 0.243 e. The second-order valence-corrected chi connectivity index (χ2v) is 10.6. The minimum Gasteiger partial charge on any atom is -0.312 e. The molecule has 2 heterocycles. The molecule has 0 unspecified atom stereocenters. The molecule has 1 N–H and O–H groups in total. The van der Waals surface area contributed by atoms with Crippen LogP contribution in [0, 0.1) is 5.92 Å². The average Bonchev–Trinajstić information content (AvgIpc) is 3.38. The van der Waals surface area contributed by atoms with Crippen molar-refractivity contribution in [2.24, 2.45) is 5.92 Å². The lowest BCUT2D eigenvalue weighted by Crippen LogP contribution is -2.31. The number of nitrogens with zero attached hydrogens (tertiary/aromatic N) is 4.